The van der Waals surface area contributed by atoms with Gasteiger partial charge in [-0.15, -0.1) is 0 Å². The monoisotopic (exact) mass is 327 g/mol. The molecule has 24 heavy (non-hydrogen) atoms. The highest BCUT2D eigenvalue weighted by Gasteiger charge is 2.36. The van der Waals surface area contributed by atoms with E-state index in [2.05, 4.69) is 32.1 Å². The standard InChI is InChI=1S/C18H25N5O/c1-21-10-16(9-20-21)11-22-5-6-23-13-18(7-17(23)12-22)24-14-15-3-2-4-19-8-15/h2-4,8-10,17-18H,5-7,11-14H2,1H3/t17-,18+/m0/s1. The molecule has 6 heteroatoms. The molecule has 0 aromatic carbocycles. The van der Waals surface area contributed by atoms with E-state index in [-0.39, 0.29) is 0 Å². The number of hydrogen-bond donors (Lipinski definition) is 0. The summed E-state index contributed by atoms with van der Waals surface area (Å²) in [6.45, 7) is 6.11. The summed E-state index contributed by atoms with van der Waals surface area (Å²) in [6, 6.07) is 4.66. The van der Waals surface area contributed by atoms with Crippen LogP contribution in [0.4, 0.5) is 0 Å². The number of rotatable bonds is 5. The molecule has 0 saturated carbocycles. The number of fused-ring (bicyclic) bond motifs is 1. The van der Waals surface area contributed by atoms with E-state index < -0.39 is 0 Å². The number of piperazine rings is 1. The second kappa shape index (κ2) is 7.01. The Labute approximate surface area is 143 Å². The molecule has 2 aromatic heterocycles. The van der Waals surface area contributed by atoms with E-state index >= 15 is 0 Å². The highest BCUT2D eigenvalue weighted by atomic mass is 16.5. The van der Waals surface area contributed by atoms with E-state index in [4.69, 9.17) is 4.74 Å². The van der Waals surface area contributed by atoms with Crippen LogP contribution in [-0.4, -0.2) is 62.9 Å². The highest BCUT2D eigenvalue weighted by Crippen LogP contribution is 2.25. The Morgan fingerprint density at radius 2 is 2.17 bits per heavy atom. The summed E-state index contributed by atoms with van der Waals surface area (Å²) >= 11 is 0. The van der Waals surface area contributed by atoms with Gasteiger partial charge in [0.05, 0.1) is 18.9 Å². The molecule has 2 fully saturated rings. The number of aryl methyl sites for hydroxylation is 1. The van der Waals surface area contributed by atoms with Gasteiger partial charge in [-0.25, -0.2) is 0 Å². The molecule has 0 unspecified atom stereocenters. The van der Waals surface area contributed by atoms with E-state index in [9.17, 15) is 0 Å². The second-order valence-corrected chi connectivity index (χ2v) is 6.94. The van der Waals surface area contributed by atoms with Crippen molar-refractivity contribution in [3.63, 3.8) is 0 Å². The Morgan fingerprint density at radius 3 is 2.96 bits per heavy atom. The Kier molecular flexibility index (Phi) is 4.60. The first-order valence-corrected chi connectivity index (χ1v) is 8.71. The van der Waals surface area contributed by atoms with Crippen molar-refractivity contribution in [2.24, 2.45) is 7.05 Å². The van der Waals surface area contributed by atoms with Crippen molar-refractivity contribution in [1.29, 1.82) is 0 Å². The van der Waals surface area contributed by atoms with E-state index in [1.807, 2.05) is 30.2 Å². The quantitative estimate of drug-likeness (QED) is 0.828. The van der Waals surface area contributed by atoms with Crippen LogP contribution in [-0.2, 0) is 24.9 Å². The van der Waals surface area contributed by atoms with Gasteiger partial charge in [-0.1, -0.05) is 6.07 Å². The van der Waals surface area contributed by atoms with Gasteiger partial charge < -0.3 is 4.74 Å². The van der Waals surface area contributed by atoms with Crippen molar-refractivity contribution in [3.8, 4) is 0 Å². The van der Waals surface area contributed by atoms with Crippen molar-refractivity contribution in [2.75, 3.05) is 26.2 Å². The van der Waals surface area contributed by atoms with Crippen molar-refractivity contribution < 1.29 is 4.74 Å². The van der Waals surface area contributed by atoms with Gasteiger partial charge in [0.1, 0.15) is 0 Å². The minimum Gasteiger partial charge on any atom is -0.372 e. The molecule has 2 aromatic rings. The second-order valence-electron chi connectivity index (χ2n) is 6.94. The predicted octanol–water partition coefficient (Wildman–Crippen LogP) is 1.29. The molecule has 0 N–H and O–H groups in total. The lowest BCUT2D eigenvalue weighted by atomic mass is 10.1. The maximum absolute atomic E-state index is 6.12. The fourth-order valence-corrected chi connectivity index (χ4v) is 3.83. The maximum Gasteiger partial charge on any atom is 0.0736 e. The van der Waals surface area contributed by atoms with Crippen LogP contribution in [0.3, 0.4) is 0 Å². The van der Waals surface area contributed by atoms with Gasteiger partial charge in [-0.2, -0.15) is 5.10 Å². The highest BCUT2D eigenvalue weighted by molar-refractivity contribution is 5.07. The zero-order chi connectivity index (χ0) is 16.4. The van der Waals surface area contributed by atoms with Gasteiger partial charge in [0.15, 0.2) is 0 Å². The number of hydrogen-bond acceptors (Lipinski definition) is 5. The number of aromatic nitrogens is 3. The molecule has 2 aliphatic rings. The Bertz CT molecular complexity index is 658. The fourth-order valence-electron chi connectivity index (χ4n) is 3.83. The van der Waals surface area contributed by atoms with Crippen LogP contribution in [0.2, 0.25) is 0 Å². The lowest BCUT2D eigenvalue weighted by molar-refractivity contribution is 0.0457. The van der Waals surface area contributed by atoms with Crippen molar-refractivity contribution >= 4 is 0 Å². The number of nitrogens with zero attached hydrogens (tertiary/aromatic N) is 5. The topological polar surface area (TPSA) is 46.4 Å². The van der Waals surface area contributed by atoms with E-state index in [1.165, 1.54) is 5.56 Å². The largest absolute Gasteiger partial charge is 0.372 e. The van der Waals surface area contributed by atoms with Crippen LogP contribution in [0.5, 0.6) is 0 Å². The van der Waals surface area contributed by atoms with Crippen molar-refractivity contribution in [1.82, 2.24) is 24.6 Å². The first-order chi connectivity index (χ1) is 11.8. The van der Waals surface area contributed by atoms with Crippen LogP contribution >= 0.6 is 0 Å². The van der Waals surface area contributed by atoms with E-state index in [0.717, 1.165) is 44.7 Å². The summed E-state index contributed by atoms with van der Waals surface area (Å²) in [5, 5.41) is 4.27. The van der Waals surface area contributed by atoms with Crippen LogP contribution in [0.1, 0.15) is 17.5 Å². The van der Waals surface area contributed by atoms with Crippen LogP contribution < -0.4 is 0 Å². The lowest BCUT2D eigenvalue weighted by Crippen LogP contribution is -2.49. The molecule has 2 aliphatic heterocycles. The van der Waals surface area contributed by atoms with E-state index in [1.54, 1.807) is 6.20 Å². The van der Waals surface area contributed by atoms with Crippen molar-refractivity contribution in [2.45, 2.75) is 31.7 Å². The van der Waals surface area contributed by atoms with Crippen molar-refractivity contribution in [3.05, 3.63) is 48.0 Å². The first kappa shape index (κ1) is 15.7. The molecule has 0 aliphatic carbocycles. The molecule has 0 spiro atoms. The van der Waals surface area contributed by atoms with Gasteiger partial charge in [0.25, 0.3) is 0 Å². The summed E-state index contributed by atoms with van der Waals surface area (Å²) in [7, 11) is 1.97. The molecule has 2 saturated heterocycles. The zero-order valence-electron chi connectivity index (χ0n) is 14.2. The summed E-state index contributed by atoms with van der Waals surface area (Å²) in [5.41, 5.74) is 2.45. The molecule has 0 amide bonds. The summed E-state index contributed by atoms with van der Waals surface area (Å²) in [5.74, 6) is 0. The SMILES string of the molecule is Cn1cc(CN2CCN3C[C@H](OCc4cccnc4)C[C@H]3C2)cn1. The normalized spacial score (nSPS) is 25.0. The predicted molar refractivity (Wildman–Crippen MR) is 91.3 cm³/mol. The van der Waals surface area contributed by atoms with E-state index in [0.29, 0.717) is 18.8 Å². The minimum absolute atomic E-state index is 0.341. The zero-order valence-corrected chi connectivity index (χ0v) is 14.2. The van der Waals surface area contributed by atoms with Crippen LogP contribution in [0.25, 0.3) is 0 Å². The molecule has 2 atom stereocenters. The van der Waals surface area contributed by atoms with Crippen LogP contribution in [0, 0.1) is 0 Å². The molecular formula is C18H25N5O. The number of pyridine rings is 1. The Hall–Kier alpha value is -1.76. The maximum atomic E-state index is 6.12. The number of ether oxygens (including phenoxy) is 1. The third-order valence-corrected chi connectivity index (χ3v) is 5.03. The third-order valence-electron chi connectivity index (χ3n) is 5.03. The average Bonchev–Trinajstić information content (AvgIpc) is 3.19. The smallest absolute Gasteiger partial charge is 0.0736 e. The molecule has 6 nitrogen and oxygen atoms in total. The molecular weight excluding hydrogens is 302 g/mol. The average molecular weight is 327 g/mol. The van der Waals surface area contributed by atoms with Crippen LogP contribution in [0.15, 0.2) is 36.9 Å². The summed E-state index contributed by atoms with van der Waals surface area (Å²) in [6.07, 6.45) is 9.24. The fraction of sp³-hybridized carbons (Fsp3) is 0.556. The minimum atomic E-state index is 0.341. The Morgan fingerprint density at radius 1 is 1.21 bits per heavy atom. The molecule has 4 heterocycles. The van der Waals surface area contributed by atoms with Gasteiger partial charge in [-0.05, 0) is 18.1 Å². The lowest BCUT2D eigenvalue weighted by Gasteiger charge is -2.37. The third kappa shape index (κ3) is 3.66. The molecule has 4 rings (SSSR count). The van der Waals surface area contributed by atoms with Gasteiger partial charge in [0, 0.05) is 70.0 Å². The van der Waals surface area contributed by atoms with Gasteiger partial charge in [-0.3, -0.25) is 19.5 Å². The molecule has 128 valence electrons. The Balaban J connectivity index is 1.27. The van der Waals surface area contributed by atoms with Gasteiger partial charge >= 0.3 is 0 Å². The van der Waals surface area contributed by atoms with Gasteiger partial charge in [0.2, 0.25) is 0 Å². The summed E-state index contributed by atoms with van der Waals surface area (Å²) in [4.78, 5) is 9.28. The molecule has 0 radical (unpaired) electrons. The summed E-state index contributed by atoms with van der Waals surface area (Å²) < 4.78 is 8.00. The first-order valence-electron chi connectivity index (χ1n) is 8.71. The molecule has 0 bridgehead atoms.